The van der Waals surface area contributed by atoms with Crippen molar-refractivity contribution >= 4 is 27.4 Å². The number of anilines is 1. The third kappa shape index (κ3) is 2.29. The van der Waals surface area contributed by atoms with Crippen LogP contribution in [0.2, 0.25) is 0 Å². The Labute approximate surface area is 113 Å². The van der Waals surface area contributed by atoms with Crippen LogP contribution in [0.4, 0.5) is 10.1 Å². The molecule has 0 heterocycles. The van der Waals surface area contributed by atoms with Gasteiger partial charge in [-0.2, -0.15) is 0 Å². The summed E-state index contributed by atoms with van der Waals surface area (Å²) >= 11 is 3.07. The number of nitrogens with two attached hydrogens (primary N) is 1. The molecule has 0 aliphatic rings. The van der Waals surface area contributed by atoms with Crippen molar-refractivity contribution in [3.63, 3.8) is 0 Å². The quantitative estimate of drug-likeness (QED) is 0.679. The maximum Gasteiger partial charge on any atom is 0.196 e. The molecule has 4 heteroatoms. The Bertz CT molecular complexity index is 625. The Morgan fingerprint density at radius 1 is 1.28 bits per heavy atom. The lowest BCUT2D eigenvalue weighted by Crippen LogP contribution is -2.05. The fourth-order valence-corrected chi connectivity index (χ4v) is 2.02. The Kier molecular flexibility index (Phi) is 3.48. The first-order valence-corrected chi connectivity index (χ1v) is 6.15. The molecule has 2 aromatic rings. The van der Waals surface area contributed by atoms with E-state index in [1.807, 2.05) is 6.92 Å². The van der Waals surface area contributed by atoms with Gasteiger partial charge >= 0.3 is 0 Å². The number of hydrogen-bond donors (Lipinski definition) is 1. The monoisotopic (exact) mass is 307 g/mol. The maximum absolute atomic E-state index is 13.8. The van der Waals surface area contributed by atoms with Crippen molar-refractivity contribution in [1.29, 1.82) is 0 Å². The molecule has 0 aliphatic heterocycles. The highest BCUT2D eigenvalue weighted by Crippen LogP contribution is 2.22. The summed E-state index contributed by atoms with van der Waals surface area (Å²) in [6.45, 7) is 1.81. The molecule has 0 aliphatic carbocycles. The Balaban J connectivity index is 2.48. The fourth-order valence-electron chi connectivity index (χ4n) is 1.65. The van der Waals surface area contributed by atoms with Gasteiger partial charge in [-0.1, -0.05) is 6.07 Å². The number of hydrogen-bond acceptors (Lipinski definition) is 2. The molecule has 18 heavy (non-hydrogen) atoms. The van der Waals surface area contributed by atoms with E-state index >= 15 is 0 Å². The molecule has 92 valence electrons. The summed E-state index contributed by atoms with van der Waals surface area (Å²) in [6.07, 6.45) is 0. The van der Waals surface area contributed by atoms with Crippen molar-refractivity contribution in [2.45, 2.75) is 6.92 Å². The molecule has 0 spiro atoms. The minimum Gasteiger partial charge on any atom is -0.399 e. The second-order valence-electron chi connectivity index (χ2n) is 4.00. The van der Waals surface area contributed by atoms with Crippen LogP contribution >= 0.6 is 15.9 Å². The normalized spacial score (nSPS) is 10.4. The van der Waals surface area contributed by atoms with Crippen LogP contribution in [0.15, 0.2) is 40.9 Å². The molecule has 0 radical (unpaired) electrons. The molecule has 0 saturated carbocycles. The van der Waals surface area contributed by atoms with Crippen molar-refractivity contribution in [3.8, 4) is 0 Å². The number of benzene rings is 2. The van der Waals surface area contributed by atoms with Crippen molar-refractivity contribution in [3.05, 3.63) is 63.4 Å². The lowest BCUT2D eigenvalue weighted by molar-refractivity contribution is 0.103. The molecule has 0 bridgehead atoms. The van der Waals surface area contributed by atoms with Crippen LogP contribution in [0.25, 0.3) is 0 Å². The number of nitrogen functional groups attached to an aromatic ring is 1. The zero-order valence-corrected chi connectivity index (χ0v) is 11.3. The zero-order valence-electron chi connectivity index (χ0n) is 9.71. The van der Waals surface area contributed by atoms with Gasteiger partial charge in [0.15, 0.2) is 5.78 Å². The number of carbonyl (C=O) groups is 1. The molecule has 0 unspecified atom stereocenters. The number of aryl methyl sites for hydroxylation is 1. The molecule has 2 aromatic carbocycles. The number of ketones is 1. The first-order chi connectivity index (χ1) is 8.50. The molecule has 0 atom stereocenters. The molecule has 2 N–H and O–H groups in total. The smallest absolute Gasteiger partial charge is 0.196 e. The molecular formula is C14H11BrFNO. The number of rotatable bonds is 2. The van der Waals surface area contributed by atoms with Crippen molar-refractivity contribution in [1.82, 2.24) is 0 Å². The van der Waals surface area contributed by atoms with Gasteiger partial charge < -0.3 is 5.73 Å². The van der Waals surface area contributed by atoms with Crippen LogP contribution in [-0.4, -0.2) is 5.78 Å². The van der Waals surface area contributed by atoms with E-state index in [1.165, 1.54) is 6.07 Å². The van der Waals surface area contributed by atoms with Crippen LogP contribution in [0.3, 0.4) is 0 Å². The van der Waals surface area contributed by atoms with E-state index in [4.69, 9.17) is 5.73 Å². The van der Waals surface area contributed by atoms with E-state index in [0.29, 0.717) is 11.3 Å². The topological polar surface area (TPSA) is 43.1 Å². The van der Waals surface area contributed by atoms with Crippen molar-refractivity contribution < 1.29 is 9.18 Å². The average Bonchev–Trinajstić information content (AvgIpc) is 2.35. The van der Waals surface area contributed by atoms with Gasteiger partial charge in [-0.3, -0.25) is 4.79 Å². The first kappa shape index (κ1) is 12.8. The molecule has 0 fully saturated rings. The molecule has 0 aromatic heterocycles. The summed E-state index contributed by atoms with van der Waals surface area (Å²) in [5.74, 6) is -0.895. The highest BCUT2D eigenvalue weighted by Gasteiger charge is 2.16. The second-order valence-corrected chi connectivity index (χ2v) is 4.86. The average molecular weight is 308 g/mol. The highest BCUT2D eigenvalue weighted by atomic mass is 79.9. The van der Waals surface area contributed by atoms with E-state index in [2.05, 4.69) is 15.9 Å². The molecule has 2 rings (SSSR count). The molecular weight excluding hydrogens is 297 g/mol. The highest BCUT2D eigenvalue weighted by molar-refractivity contribution is 9.10. The van der Waals surface area contributed by atoms with E-state index < -0.39 is 5.82 Å². The van der Waals surface area contributed by atoms with Gasteiger partial charge in [0.05, 0.1) is 10.0 Å². The van der Waals surface area contributed by atoms with Gasteiger partial charge in [-0.15, -0.1) is 0 Å². The van der Waals surface area contributed by atoms with Crippen LogP contribution in [0, 0.1) is 12.7 Å². The molecule has 0 amide bonds. The summed E-state index contributed by atoms with van der Waals surface area (Å²) in [5, 5.41) is 0. The van der Waals surface area contributed by atoms with Crippen LogP contribution in [-0.2, 0) is 0 Å². The van der Waals surface area contributed by atoms with Crippen molar-refractivity contribution in [2.24, 2.45) is 0 Å². The first-order valence-electron chi connectivity index (χ1n) is 5.35. The third-order valence-electron chi connectivity index (χ3n) is 2.73. The zero-order chi connectivity index (χ0) is 13.3. The summed E-state index contributed by atoms with van der Waals surface area (Å²) in [7, 11) is 0. The van der Waals surface area contributed by atoms with Gasteiger partial charge in [0.25, 0.3) is 0 Å². The van der Waals surface area contributed by atoms with E-state index in [1.54, 1.807) is 30.3 Å². The minimum absolute atomic E-state index is 0.0496. The number of carbonyl (C=O) groups excluding carboxylic acids is 1. The Hall–Kier alpha value is -1.68. The molecule has 2 nitrogen and oxygen atoms in total. The molecule has 0 saturated heterocycles. The van der Waals surface area contributed by atoms with E-state index in [9.17, 15) is 9.18 Å². The summed E-state index contributed by atoms with van der Waals surface area (Å²) in [6, 6.07) is 9.57. The van der Waals surface area contributed by atoms with E-state index in [0.717, 1.165) is 5.56 Å². The Morgan fingerprint density at radius 3 is 2.67 bits per heavy atom. The number of halogens is 2. The van der Waals surface area contributed by atoms with Gasteiger partial charge in [-0.25, -0.2) is 4.39 Å². The van der Waals surface area contributed by atoms with Gasteiger partial charge in [-0.05, 0) is 58.7 Å². The lowest BCUT2D eigenvalue weighted by atomic mass is 10.0. The van der Waals surface area contributed by atoms with Crippen LogP contribution in [0.5, 0.6) is 0 Å². The summed E-state index contributed by atoms with van der Waals surface area (Å²) in [5.41, 5.74) is 7.58. The second kappa shape index (κ2) is 4.90. The van der Waals surface area contributed by atoms with Crippen molar-refractivity contribution in [2.75, 3.05) is 5.73 Å². The predicted octanol–water partition coefficient (Wildman–Crippen LogP) is 3.71. The maximum atomic E-state index is 13.8. The standard InChI is InChI=1S/C14H11BrFNO/c1-8-7-9(5-6-12(8)17)14(18)10-3-2-4-11(15)13(10)16/h2-7H,17H2,1H3. The van der Waals surface area contributed by atoms with Gasteiger partial charge in [0.1, 0.15) is 5.82 Å². The fraction of sp³-hybridized carbons (Fsp3) is 0.0714. The SMILES string of the molecule is Cc1cc(C(=O)c2cccc(Br)c2F)ccc1N. The Morgan fingerprint density at radius 2 is 2.00 bits per heavy atom. The van der Waals surface area contributed by atoms with Gasteiger partial charge in [0, 0.05) is 11.3 Å². The van der Waals surface area contributed by atoms with Crippen LogP contribution < -0.4 is 5.73 Å². The third-order valence-corrected chi connectivity index (χ3v) is 3.34. The van der Waals surface area contributed by atoms with Gasteiger partial charge in [0.2, 0.25) is 0 Å². The predicted molar refractivity (Wildman–Crippen MR) is 73.1 cm³/mol. The summed E-state index contributed by atoms with van der Waals surface area (Å²) < 4.78 is 14.1. The summed E-state index contributed by atoms with van der Waals surface area (Å²) in [4.78, 5) is 12.2. The van der Waals surface area contributed by atoms with Crippen LogP contribution in [0.1, 0.15) is 21.5 Å². The largest absolute Gasteiger partial charge is 0.399 e. The lowest BCUT2D eigenvalue weighted by Gasteiger charge is -2.06. The van der Waals surface area contributed by atoms with E-state index in [-0.39, 0.29) is 15.8 Å². The minimum atomic E-state index is -0.544.